The van der Waals surface area contributed by atoms with E-state index in [4.69, 9.17) is 9.15 Å². The predicted molar refractivity (Wildman–Crippen MR) is 111 cm³/mol. The number of hydrogen-bond donors (Lipinski definition) is 1. The normalized spacial score (nSPS) is 10.8. The van der Waals surface area contributed by atoms with Crippen LogP contribution in [0.4, 0.5) is 5.88 Å². The quantitative estimate of drug-likeness (QED) is 0.526. The number of amides is 1. The Bertz CT molecular complexity index is 1210. The van der Waals surface area contributed by atoms with Crippen molar-refractivity contribution in [3.8, 4) is 16.9 Å². The van der Waals surface area contributed by atoms with E-state index >= 15 is 0 Å². The van der Waals surface area contributed by atoms with Gasteiger partial charge in [0.2, 0.25) is 11.3 Å². The molecule has 0 saturated carbocycles. The lowest BCUT2D eigenvalue weighted by molar-refractivity contribution is 0.102. The first-order valence-corrected chi connectivity index (χ1v) is 9.52. The first-order chi connectivity index (χ1) is 13.6. The van der Waals surface area contributed by atoms with Gasteiger partial charge < -0.3 is 9.15 Å². The van der Waals surface area contributed by atoms with Gasteiger partial charge in [0.1, 0.15) is 11.3 Å². The van der Waals surface area contributed by atoms with Crippen LogP contribution in [0.3, 0.4) is 0 Å². The molecule has 28 heavy (non-hydrogen) atoms. The molecule has 2 heterocycles. The highest BCUT2D eigenvalue weighted by atomic mass is 32.1. The fraction of sp³-hybridized carbons (Fsp3) is 0.0909. The molecule has 1 amide bonds. The van der Waals surface area contributed by atoms with Gasteiger partial charge in [0, 0.05) is 0 Å². The Morgan fingerprint density at radius 2 is 1.86 bits per heavy atom. The van der Waals surface area contributed by atoms with Gasteiger partial charge in [-0.15, -0.1) is 11.3 Å². The second-order valence-electron chi connectivity index (χ2n) is 6.25. The summed E-state index contributed by atoms with van der Waals surface area (Å²) in [6.07, 6.45) is 0. The molecule has 2 aromatic heterocycles. The van der Waals surface area contributed by atoms with Gasteiger partial charge in [-0.1, -0.05) is 30.3 Å². The maximum Gasteiger partial charge on any atom is 0.268 e. The van der Waals surface area contributed by atoms with Crippen LogP contribution in [-0.2, 0) is 0 Å². The van der Waals surface area contributed by atoms with E-state index in [0.29, 0.717) is 32.7 Å². The summed E-state index contributed by atoms with van der Waals surface area (Å²) in [6, 6.07) is 16.0. The number of carbonyl (C=O) groups excluding carboxylic acids is 1. The molecule has 2 aromatic carbocycles. The molecular formula is C22H17NO4S. The Labute approximate surface area is 165 Å². The van der Waals surface area contributed by atoms with Gasteiger partial charge in [-0.25, -0.2) is 0 Å². The Kier molecular flexibility index (Phi) is 4.71. The Morgan fingerprint density at radius 1 is 1.07 bits per heavy atom. The summed E-state index contributed by atoms with van der Waals surface area (Å²) in [6.45, 7) is 1.86. The largest absolute Gasteiger partial charge is 0.497 e. The van der Waals surface area contributed by atoms with E-state index in [0.717, 1.165) is 5.56 Å². The SMILES string of the molecule is COc1ccc(-c2c(NC(=O)c3cccs3)oc3c(C)cccc3c2=O)cc1. The minimum atomic E-state index is -0.319. The molecule has 0 aliphatic rings. The number of benzene rings is 2. The van der Waals surface area contributed by atoms with Crippen LogP contribution in [0.1, 0.15) is 15.2 Å². The maximum absolute atomic E-state index is 13.3. The van der Waals surface area contributed by atoms with Crippen molar-refractivity contribution in [2.75, 3.05) is 12.4 Å². The monoisotopic (exact) mass is 391 g/mol. The molecule has 0 radical (unpaired) electrons. The van der Waals surface area contributed by atoms with Crippen molar-refractivity contribution >= 4 is 34.1 Å². The molecule has 6 heteroatoms. The van der Waals surface area contributed by atoms with Gasteiger partial charge in [0.25, 0.3) is 5.91 Å². The molecule has 140 valence electrons. The fourth-order valence-electron chi connectivity index (χ4n) is 3.04. The van der Waals surface area contributed by atoms with E-state index in [1.807, 2.05) is 24.4 Å². The highest BCUT2D eigenvalue weighted by Crippen LogP contribution is 2.31. The molecule has 4 rings (SSSR count). The summed E-state index contributed by atoms with van der Waals surface area (Å²) in [7, 11) is 1.58. The molecule has 0 unspecified atom stereocenters. The molecule has 1 N–H and O–H groups in total. The van der Waals surface area contributed by atoms with Crippen molar-refractivity contribution in [3.05, 3.63) is 80.6 Å². The van der Waals surface area contributed by atoms with Gasteiger partial charge >= 0.3 is 0 Å². The molecule has 5 nitrogen and oxygen atoms in total. The first kappa shape index (κ1) is 18.0. The number of ether oxygens (including phenoxy) is 1. The second-order valence-corrected chi connectivity index (χ2v) is 7.19. The van der Waals surface area contributed by atoms with Crippen LogP contribution in [0.2, 0.25) is 0 Å². The van der Waals surface area contributed by atoms with E-state index in [1.165, 1.54) is 11.3 Å². The topological polar surface area (TPSA) is 68.5 Å². The smallest absolute Gasteiger partial charge is 0.268 e. The molecule has 0 atom stereocenters. The molecule has 4 aromatic rings. The summed E-state index contributed by atoms with van der Waals surface area (Å²) < 4.78 is 11.2. The van der Waals surface area contributed by atoms with E-state index in [9.17, 15) is 9.59 Å². The molecular weight excluding hydrogens is 374 g/mol. The van der Waals surface area contributed by atoms with Crippen molar-refractivity contribution in [3.63, 3.8) is 0 Å². The summed E-state index contributed by atoms with van der Waals surface area (Å²) in [4.78, 5) is 26.4. The Morgan fingerprint density at radius 3 is 2.54 bits per heavy atom. The average molecular weight is 391 g/mol. The van der Waals surface area contributed by atoms with Gasteiger partial charge in [0.05, 0.1) is 22.9 Å². The molecule has 0 saturated heterocycles. The van der Waals surface area contributed by atoms with Crippen molar-refractivity contribution in [2.45, 2.75) is 6.92 Å². The summed E-state index contributed by atoms with van der Waals surface area (Å²) in [5, 5.41) is 5.07. The number of hydrogen-bond acceptors (Lipinski definition) is 5. The fourth-order valence-corrected chi connectivity index (χ4v) is 3.66. The van der Waals surface area contributed by atoms with Crippen LogP contribution >= 0.6 is 11.3 Å². The lowest BCUT2D eigenvalue weighted by Crippen LogP contribution is -2.16. The number of rotatable bonds is 4. The number of nitrogens with one attached hydrogen (secondary N) is 1. The number of thiophene rings is 1. The van der Waals surface area contributed by atoms with Crippen molar-refractivity contribution in [1.82, 2.24) is 0 Å². The Balaban J connectivity index is 1.93. The van der Waals surface area contributed by atoms with Gasteiger partial charge in [-0.05, 0) is 47.7 Å². The van der Waals surface area contributed by atoms with E-state index in [2.05, 4.69) is 5.32 Å². The van der Waals surface area contributed by atoms with E-state index in [1.54, 1.807) is 49.6 Å². The predicted octanol–water partition coefficient (Wildman–Crippen LogP) is 5.09. The summed E-state index contributed by atoms with van der Waals surface area (Å²) in [5.74, 6) is 0.491. The highest BCUT2D eigenvalue weighted by molar-refractivity contribution is 7.12. The minimum absolute atomic E-state index is 0.135. The lowest BCUT2D eigenvalue weighted by atomic mass is 10.0. The van der Waals surface area contributed by atoms with Gasteiger partial charge in [-0.2, -0.15) is 0 Å². The molecule has 0 fully saturated rings. The zero-order valence-electron chi connectivity index (χ0n) is 15.3. The van der Waals surface area contributed by atoms with Crippen LogP contribution in [0.5, 0.6) is 5.75 Å². The highest BCUT2D eigenvalue weighted by Gasteiger charge is 2.20. The standard InChI is InChI=1S/C22H17NO4S/c1-13-5-3-6-16-19(24)18(14-8-10-15(26-2)11-9-14)22(27-20(13)16)23-21(25)17-7-4-12-28-17/h3-12H,1-2H3,(H,23,25). The summed E-state index contributed by atoms with van der Waals surface area (Å²) in [5.41, 5.74) is 2.04. The average Bonchev–Trinajstić information content (AvgIpc) is 3.24. The third-order valence-electron chi connectivity index (χ3n) is 4.47. The molecule has 0 aliphatic carbocycles. The summed E-state index contributed by atoms with van der Waals surface area (Å²) >= 11 is 1.32. The molecule has 0 bridgehead atoms. The van der Waals surface area contributed by atoms with Gasteiger partial charge in [0.15, 0.2) is 0 Å². The van der Waals surface area contributed by atoms with Crippen molar-refractivity contribution in [1.29, 1.82) is 0 Å². The van der Waals surface area contributed by atoms with Crippen LogP contribution in [0, 0.1) is 6.92 Å². The van der Waals surface area contributed by atoms with Gasteiger partial charge in [-0.3, -0.25) is 14.9 Å². The third-order valence-corrected chi connectivity index (χ3v) is 5.33. The zero-order chi connectivity index (χ0) is 19.7. The van der Waals surface area contributed by atoms with Crippen molar-refractivity contribution in [2.24, 2.45) is 0 Å². The zero-order valence-corrected chi connectivity index (χ0v) is 16.1. The third kappa shape index (κ3) is 3.18. The second kappa shape index (κ2) is 7.32. The van der Waals surface area contributed by atoms with Crippen LogP contribution in [0.15, 0.2) is 69.2 Å². The number of aryl methyl sites for hydroxylation is 1. The van der Waals surface area contributed by atoms with Crippen molar-refractivity contribution < 1.29 is 13.9 Å². The maximum atomic E-state index is 13.3. The number of anilines is 1. The molecule has 0 aliphatic heterocycles. The minimum Gasteiger partial charge on any atom is -0.497 e. The number of fused-ring (bicyclic) bond motifs is 1. The van der Waals surface area contributed by atoms with Crippen LogP contribution in [0.25, 0.3) is 22.1 Å². The Hall–Kier alpha value is -3.38. The number of carbonyl (C=O) groups is 1. The first-order valence-electron chi connectivity index (χ1n) is 8.64. The number of para-hydroxylation sites is 1. The van der Waals surface area contributed by atoms with Crippen LogP contribution in [-0.4, -0.2) is 13.0 Å². The van der Waals surface area contributed by atoms with E-state index in [-0.39, 0.29) is 17.2 Å². The van der Waals surface area contributed by atoms with E-state index < -0.39 is 0 Å². The lowest BCUT2D eigenvalue weighted by Gasteiger charge is -2.12. The molecule has 0 spiro atoms. The van der Waals surface area contributed by atoms with Crippen LogP contribution < -0.4 is 15.5 Å². The number of methoxy groups -OCH3 is 1.